The molecule has 0 fully saturated rings. The highest BCUT2D eigenvalue weighted by molar-refractivity contribution is 9.10. The molecule has 34 heavy (non-hydrogen) atoms. The van der Waals surface area contributed by atoms with Crippen molar-refractivity contribution in [3.63, 3.8) is 0 Å². The first-order valence-electron chi connectivity index (χ1n) is 11.1. The Morgan fingerprint density at radius 1 is 0.765 bits per heavy atom. The molecular formula is C28H24BrNO4. The summed E-state index contributed by atoms with van der Waals surface area (Å²) in [6.07, 6.45) is 4.63. The van der Waals surface area contributed by atoms with Gasteiger partial charge in [0.2, 0.25) is 5.91 Å². The van der Waals surface area contributed by atoms with Crippen LogP contribution in [0.2, 0.25) is 0 Å². The summed E-state index contributed by atoms with van der Waals surface area (Å²) in [5.74, 6) is -2.26. The third-order valence-electron chi connectivity index (χ3n) is 5.81. The highest BCUT2D eigenvalue weighted by atomic mass is 79.9. The molecule has 1 amide bonds. The average Bonchev–Trinajstić information content (AvgIpc) is 2.89. The molecule has 0 unspecified atom stereocenters. The van der Waals surface area contributed by atoms with Gasteiger partial charge in [-0.15, -0.1) is 0 Å². The van der Waals surface area contributed by atoms with E-state index in [0.29, 0.717) is 18.4 Å². The van der Waals surface area contributed by atoms with Crippen LogP contribution in [0.5, 0.6) is 0 Å². The van der Waals surface area contributed by atoms with Gasteiger partial charge in [-0.05, 0) is 49.2 Å². The van der Waals surface area contributed by atoms with Crippen LogP contribution in [0, 0.1) is 11.8 Å². The third kappa shape index (κ3) is 5.51. The lowest BCUT2D eigenvalue weighted by atomic mass is 9.81. The number of carbonyl (C=O) groups excluding carboxylic acids is 3. The van der Waals surface area contributed by atoms with Crippen LogP contribution in [0.3, 0.4) is 0 Å². The fourth-order valence-electron chi connectivity index (χ4n) is 4.03. The number of allylic oxidation sites excluding steroid dienone is 2. The zero-order chi connectivity index (χ0) is 23.9. The van der Waals surface area contributed by atoms with Crippen molar-refractivity contribution >= 4 is 45.0 Å². The predicted molar refractivity (Wildman–Crippen MR) is 135 cm³/mol. The van der Waals surface area contributed by atoms with Crippen molar-refractivity contribution in [3.8, 4) is 0 Å². The summed E-state index contributed by atoms with van der Waals surface area (Å²) in [4.78, 5) is 40.9. The molecule has 1 aliphatic carbocycles. The third-order valence-corrected chi connectivity index (χ3v) is 6.34. The van der Waals surface area contributed by atoms with Gasteiger partial charge in [-0.25, -0.2) is 0 Å². The molecule has 0 saturated carbocycles. The molecule has 0 bridgehead atoms. The van der Waals surface area contributed by atoms with E-state index in [9.17, 15) is 14.4 Å². The van der Waals surface area contributed by atoms with Crippen LogP contribution in [-0.4, -0.2) is 24.3 Å². The van der Waals surface area contributed by atoms with E-state index in [0.717, 1.165) is 15.8 Å². The number of rotatable bonds is 7. The molecule has 0 spiro atoms. The van der Waals surface area contributed by atoms with Crippen molar-refractivity contribution in [1.29, 1.82) is 0 Å². The Hall–Kier alpha value is -3.51. The molecule has 0 radical (unpaired) electrons. The quantitative estimate of drug-likeness (QED) is 0.215. The van der Waals surface area contributed by atoms with Gasteiger partial charge in [0, 0.05) is 21.4 Å². The van der Waals surface area contributed by atoms with Gasteiger partial charge in [0.1, 0.15) is 0 Å². The lowest BCUT2D eigenvalue weighted by Gasteiger charge is -2.32. The number of benzene rings is 3. The molecule has 1 aliphatic rings. The Morgan fingerprint density at radius 2 is 1.29 bits per heavy atom. The number of carbonyl (C=O) groups is 3. The van der Waals surface area contributed by atoms with Gasteiger partial charge in [0.15, 0.2) is 12.4 Å². The normalized spacial score (nSPS) is 17.1. The monoisotopic (exact) mass is 517 g/mol. The Balaban J connectivity index is 1.52. The number of ether oxygens (including phenoxy) is 1. The van der Waals surface area contributed by atoms with Gasteiger partial charge in [-0.3, -0.25) is 19.3 Å². The van der Waals surface area contributed by atoms with Crippen LogP contribution in [0.4, 0.5) is 11.4 Å². The first kappa shape index (κ1) is 23.6. The number of Topliss-reactive ketones (excluding diaryl/α,β-unsaturated/α-hetero) is 1. The van der Waals surface area contributed by atoms with E-state index in [1.165, 1.54) is 0 Å². The van der Waals surface area contributed by atoms with Gasteiger partial charge in [0.05, 0.1) is 11.8 Å². The van der Waals surface area contributed by atoms with Gasteiger partial charge in [-0.1, -0.05) is 76.6 Å². The maximum Gasteiger partial charge on any atom is 0.310 e. The molecule has 0 saturated heterocycles. The highest BCUT2D eigenvalue weighted by Crippen LogP contribution is 2.34. The van der Waals surface area contributed by atoms with Gasteiger partial charge in [0.25, 0.3) is 0 Å². The Labute approximate surface area is 207 Å². The van der Waals surface area contributed by atoms with Crippen LogP contribution in [0.25, 0.3) is 0 Å². The van der Waals surface area contributed by atoms with Gasteiger partial charge < -0.3 is 4.74 Å². The van der Waals surface area contributed by atoms with Crippen molar-refractivity contribution < 1.29 is 19.1 Å². The fraction of sp³-hybridized carbons (Fsp3) is 0.179. The fourth-order valence-corrected chi connectivity index (χ4v) is 4.30. The number of nitrogens with zero attached hydrogens (tertiary/aromatic N) is 1. The highest BCUT2D eigenvalue weighted by Gasteiger charge is 2.38. The number of esters is 1. The van der Waals surface area contributed by atoms with Crippen LogP contribution in [-0.2, 0) is 14.3 Å². The molecule has 6 heteroatoms. The second-order valence-electron chi connectivity index (χ2n) is 8.04. The summed E-state index contributed by atoms with van der Waals surface area (Å²) >= 11 is 3.34. The van der Waals surface area contributed by atoms with E-state index in [1.54, 1.807) is 29.2 Å². The topological polar surface area (TPSA) is 63.7 Å². The molecule has 172 valence electrons. The minimum absolute atomic E-state index is 0.178. The molecule has 3 aromatic rings. The Morgan fingerprint density at radius 3 is 1.85 bits per heavy atom. The number of hydrogen-bond acceptors (Lipinski definition) is 4. The van der Waals surface area contributed by atoms with Crippen molar-refractivity contribution in [2.24, 2.45) is 11.8 Å². The van der Waals surface area contributed by atoms with E-state index in [4.69, 9.17) is 4.74 Å². The molecular weight excluding hydrogens is 494 g/mol. The molecule has 3 aromatic carbocycles. The lowest BCUT2D eigenvalue weighted by molar-refractivity contribution is -0.151. The van der Waals surface area contributed by atoms with E-state index < -0.39 is 17.8 Å². The van der Waals surface area contributed by atoms with Crippen molar-refractivity contribution in [2.75, 3.05) is 11.5 Å². The van der Waals surface area contributed by atoms with Crippen LogP contribution < -0.4 is 4.90 Å². The number of ketones is 1. The molecule has 5 nitrogen and oxygen atoms in total. The standard InChI is InChI=1S/C28H24BrNO4/c29-21-17-15-20(16-18-21)26(31)19-34-28(33)25-14-8-7-13-24(25)27(32)30(22-9-3-1-4-10-22)23-11-5-2-6-12-23/h1-12,15-18,24-25H,13-14,19H2/t24-,25-/m1/s1. The minimum Gasteiger partial charge on any atom is -0.457 e. The van der Waals surface area contributed by atoms with Crippen molar-refractivity contribution in [1.82, 2.24) is 0 Å². The number of hydrogen-bond donors (Lipinski definition) is 0. The minimum atomic E-state index is -0.662. The van der Waals surface area contributed by atoms with Crippen molar-refractivity contribution in [3.05, 3.63) is 107 Å². The maximum atomic E-state index is 13.8. The number of para-hydroxylation sites is 2. The second-order valence-corrected chi connectivity index (χ2v) is 8.95. The average molecular weight is 518 g/mol. The first-order valence-corrected chi connectivity index (χ1v) is 11.9. The van der Waals surface area contributed by atoms with Crippen LogP contribution >= 0.6 is 15.9 Å². The summed E-state index contributed by atoms with van der Waals surface area (Å²) < 4.78 is 6.25. The molecule has 0 N–H and O–H groups in total. The Bertz CT molecular complexity index is 1140. The molecule has 0 aliphatic heterocycles. The number of amides is 1. The number of anilines is 2. The van der Waals surface area contributed by atoms with E-state index >= 15 is 0 Å². The Kier molecular flexibility index (Phi) is 7.70. The van der Waals surface area contributed by atoms with Gasteiger partial charge in [-0.2, -0.15) is 0 Å². The zero-order valence-electron chi connectivity index (χ0n) is 18.5. The molecule has 2 atom stereocenters. The van der Waals surface area contributed by atoms with E-state index in [2.05, 4.69) is 15.9 Å². The van der Waals surface area contributed by atoms with Crippen LogP contribution in [0.1, 0.15) is 23.2 Å². The zero-order valence-corrected chi connectivity index (χ0v) is 20.1. The van der Waals surface area contributed by atoms with E-state index in [1.807, 2.05) is 72.8 Å². The lowest BCUT2D eigenvalue weighted by Crippen LogP contribution is -2.40. The summed E-state index contributed by atoms with van der Waals surface area (Å²) in [7, 11) is 0. The summed E-state index contributed by atoms with van der Waals surface area (Å²) in [5.41, 5.74) is 1.92. The largest absolute Gasteiger partial charge is 0.457 e. The van der Waals surface area contributed by atoms with E-state index in [-0.39, 0.29) is 18.3 Å². The maximum absolute atomic E-state index is 13.8. The predicted octanol–water partition coefficient (Wildman–Crippen LogP) is 6.12. The summed E-state index contributed by atoms with van der Waals surface area (Å²) in [6, 6.07) is 25.6. The van der Waals surface area contributed by atoms with Gasteiger partial charge >= 0.3 is 5.97 Å². The van der Waals surface area contributed by atoms with Crippen LogP contribution in [0.15, 0.2) is 102 Å². The smallest absolute Gasteiger partial charge is 0.310 e. The molecule has 0 aromatic heterocycles. The summed E-state index contributed by atoms with van der Waals surface area (Å²) in [5, 5.41) is 0. The molecule has 0 heterocycles. The molecule has 4 rings (SSSR count). The first-order chi connectivity index (χ1) is 16.5. The summed E-state index contributed by atoms with van der Waals surface area (Å²) in [6.45, 7) is -0.358. The van der Waals surface area contributed by atoms with Crippen molar-refractivity contribution in [2.45, 2.75) is 12.8 Å². The number of halogens is 1. The SMILES string of the molecule is O=C(COC(=O)[C@@H]1CC=CC[C@H]1C(=O)N(c1ccccc1)c1ccccc1)c1ccc(Br)cc1. The second kappa shape index (κ2) is 11.1.